The van der Waals surface area contributed by atoms with Gasteiger partial charge in [0.2, 0.25) is 0 Å². The fraction of sp³-hybridized carbons (Fsp3) is 0. The maximum absolute atomic E-state index is 11.0. The largest absolute Gasteiger partial charge is 0.507 e. The SMILES string of the molecule is O=C(O)c1ccc(NC(=S)Nc2cccc(NC(=S)Nc3ccc(C(=O)O)c(O)c3)c2)cc1O. The lowest BCUT2D eigenvalue weighted by Crippen LogP contribution is -2.20. The van der Waals surface area contributed by atoms with E-state index in [0.717, 1.165) is 0 Å². The quantitative estimate of drug-likeness (QED) is 0.230. The Balaban J connectivity index is 1.60. The zero-order chi connectivity index (χ0) is 24.8. The van der Waals surface area contributed by atoms with Gasteiger partial charge in [0.05, 0.1) is 0 Å². The van der Waals surface area contributed by atoms with Gasteiger partial charge < -0.3 is 41.7 Å². The molecule has 0 aliphatic rings. The highest BCUT2D eigenvalue weighted by Crippen LogP contribution is 2.24. The van der Waals surface area contributed by atoms with Gasteiger partial charge >= 0.3 is 11.9 Å². The Bertz CT molecular complexity index is 1200. The third-order valence-electron chi connectivity index (χ3n) is 4.35. The van der Waals surface area contributed by atoms with Crippen molar-refractivity contribution < 1.29 is 30.0 Å². The Morgan fingerprint density at radius 1 is 0.588 bits per heavy atom. The van der Waals surface area contributed by atoms with E-state index in [0.29, 0.717) is 22.7 Å². The van der Waals surface area contributed by atoms with Gasteiger partial charge in [-0.2, -0.15) is 0 Å². The lowest BCUT2D eigenvalue weighted by Gasteiger charge is -2.14. The van der Waals surface area contributed by atoms with Crippen LogP contribution in [0.2, 0.25) is 0 Å². The van der Waals surface area contributed by atoms with E-state index in [9.17, 15) is 19.8 Å². The maximum Gasteiger partial charge on any atom is 0.339 e. The van der Waals surface area contributed by atoms with Crippen molar-refractivity contribution in [3.63, 3.8) is 0 Å². The molecule has 0 atom stereocenters. The summed E-state index contributed by atoms with van der Waals surface area (Å²) in [6.07, 6.45) is 0. The van der Waals surface area contributed by atoms with Gasteiger partial charge in [-0.05, 0) is 66.9 Å². The molecule has 3 rings (SSSR count). The highest BCUT2D eigenvalue weighted by atomic mass is 32.1. The zero-order valence-corrected chi connectivity index (χ0v) is 18.8. The number of nitrogens with one attached hydrogen (secondary N) is 4. The highest BCUT2D eigenvalue weighted by molar-refractivity contribution is 7.81. The van der Waals surface area contributed by atoms with Crippen LogP contribution >= 0.6 is 24.4 Å². The maximum atomic E-state index is 11.0. The number of hydrogen-bond donors (Lipinski definition) is 8. The van der Waals surface area contributed by atoms with Crippen LogP contribution in [0.25, 0.3) is 0 Å². The molecule has 0 bridgehead atoms. The number of rotatable bonds is 6. The van der Waals surface area contributed by atoms with E-state index >= 15 is 0 Å². The molecule has 0 unspecified atom stereocenters. The molecule has 174 valence electrons. The second-order valence-corrected chi connectivity index (χ2v) is 7.63. The number of anilines is 4. The lowest BCUT2D eigenvalue weighted by molar-refractivity contribution is 0.0682. The summed E-state index contributed by atoms with van der Waals surface area (Å²) in [6, 6.07) is 14.9. The summed E-state index contributed by atoms with van der Waals surface area (Å²) >= 11 is 10.5. The predicted octanol–water partition coefficient (Wildman–Crippen LogP) is 4.11. The first-order valence-corrected chi connectivity index (χ1v) is 10.3. The molecule has 0 radical (unpaired) electrons. The molecule has 3 aromatic rings. The first-order chi connectivity index (χ1) is 16.1. The van der Waals surface area contributed by atoms with E-state index in [4.69, 9.17) is 34.6 Å². The number of hydrogen-bond acceptors (Lipinski definition) is 6. The van der Waals surface area contributed by atoms with Crippen LogP contribution in [0.4, 0.5) is 22.7 Å². The van der Waals surface area contributed by atoms with Gasteiger partial charge in [0, 0.05) is 34.9 Å². The molecule has 3 aromatic carbocycles. The van der Waals surface area contributed by atoms with Gasteiger partial charge in [-0.15, -0.1) is 0 Å². The number of carboxylic acid groups (broad SMARTS) is 2. The molecule has 0 aromatic heterocycles. The molecule has 34 heavy (non-hydrogen) atoms. The number of aromatic carboxylic acids is 2. The van der Waals surface area contributed by atoms with Gasteiger partial charge in [0.1, 0.15) is 22.6 Å². The second kappa shape index (κ2) is 10.5. The summed E-state index contributed by atoms with van der Waals surface area (Å²) in [5.41, 5.74) is 1.58. The third-order valence-corrected chi connectivity index (χ3v) is 4.76. The van der Waals surface area contributed by atoms with Crippen molar-refractivity contribution in [3.05, 3.63) is 71.8 Å². The molecule has 0 fully saturated rings. The molecular formula is C22H18N4O6S2. The van der Waals surface area contributed by atoms with Crippen LogP contribution in [0.5, 0.6) is 11.5 Å². The monoisotopic (exact) mass is 498 g/mol. The third kappa shape index (κ3) is 6.31. The van der Waals surface area contributed by atoms with Gasteiger partial charge in [-0.3, -0.25) is 0 Å². The Labute approximate surface area is 203 Å². The standard InChI is InChI=1S/C22H18N4O6S2/c27-17-9-13(4-6-15(17)19(29)30)25-21(33)23-11-2-1-3-12(8-11)24-22(34)26-14-5-7-16(20(31)32)18(28)10-14/h1-10,27-28H,(H,29,30)(H,31,32)(H2,23,25,33)(H2,24,26,34). The van der Waals surface area contributed by atoms with Crippen molar-refractivity contribution in [1.82, 2.24) is 0 Å². The van der Waals surface area contributed by atoms with Gasteiger partial charge in [-0.1, -0.05) is 6.07 Å². The summed E-state index contributed by atoms with van der Waals surface area (Å²) in [4.78, 5) is 22.0. The van der Waals surface area contributed by atoms with E-state index < -0.39 is 23.4 Å². The highest BCUT2D eigenvalue weighted by Gasteiger charge is 2.11. The van der Waals surface area contributed by atoms with E-state index in [1.807, 2.05) is 0 Å². The number of thiocarbonyl (C=S) groups is 2. The van der Waals surface area contributed by atoms with Crippen LogP contribution < -0.4 is 21.3 Å². The number of phenols is 2. The first-order valence-electron chi connectivity index (χ1n) is 9.51. The molecule has 12 heteroatoms. The number of carboxylic acids is 2. The van der Waals surface area contributed by atoms with Crippen molar-refractivity contribution in [1.29, 1.82) is 0 Å². The number of benzene rings is 3. The van der Waals surface area contributed by atoms with Crippen LogP contribution in [0.1, 0.15) is 20.7 Å². The van der Waals surface area contributed by atoms with Gasteiger partial charge in [0.25, 0.3) is 0 Å². The molecule has 10 nitrogen and oxygen atoms in total. The summed E-state index contributed by atoms with van der Waals surface area (Å²) in [5.74, 6) is -3.26. The molecule has 0 spiro atoms. The van der Waals surface area contributed by atoms with Crippen LogP contribution in [0, 0.1) is 0 Å². The molecule has 8 N–H and O–H groups in total. The first kappa shape index (κ1) is 24.2. The zero-order valence-electron chi connectivity index (χ0n) is 17.2. The Morgan fingerprint density at radius 2 is 0.941 bits per heavy atom. The minimum absolute atomic E-state index is 0.203. The normalized spacial score (nSPS) is 10.1. The fourth-order valence-electron chi connectivity index (χ4n) is 2.84. The Hall–Kier alpha value is -4.42. The van der Waals surface area contributed by atoms with Crippen LogP contribution in [-0.4, -0.2) is 42.6 Å². The average molecular weight is 499 g/mol. The summed E-state index contributed by atoms with van der Waals surface area (Å²) in [5, 5.41) is 49.6. The molecule has 0 saturated carbocycles. The van der Waals surface area contributed by atoms with Crippen molar-refractivity contribution in [2.24, 2.45) is 0 Å². The van der Waals surface area contributed by atoms with Gasteiger partial charge in [-0.25, -0.2) is 9.59 Å². The molecule has 0 amide bonds. The number of carbonyl (C=O) groups is 2. The second-order valence-electron chi connectivity index (χ2n) is 6.81. The summed E-state index contributed by atoms with van der Waals surface area (Å²) < 4.78 is 0. The van der Waals surface area contributed by atoms with E-state index in [-0.39, 0.29) is 21.4 Å². The van der Waals surface area contributed by atoms with Crippen molar-refractivity contribution in [2.75, 3.05) is 21.3 Å². The summed E-state index contributed by atoms with van der Waals surface area (Å²) in [6.45, 7) is 0. The van der Waals surface area contributed by atoms with Crippen LogP contribution in [-0.2, 0) is 0 Å². The van der Waals surface area contributed by atoms with E-state index in [2.05, 4.69) is 21.3 Å². The molecular weight excluding hydrogens is 480 g/mol. The van der Waals surface area contributed by atoms with Crippen molar-refractivity contribution in [3.8, 4) is 11.5 Å². The minimum Gasteiger partial charge on any atom is -0.507 e. The topological polar surface area (TPSA) is 163 Å². The summed E-state index contributed by atoms with van der Waals surface area (Å²) in [7, 11) is 0. The van der Waals surface area contributed by atoms with Crippen molar-refractivity contribution >= 4 is 69.3 Å². The Morgan fingerprint density at radius 3 is 1.26 bits per heavy atom. The van der Waals surface area contributed by atoms with Crippen molar-refractivity contribution in [2.45, 2.75) is 0 Å². The number of aromatic hydroxyl groups is 2. The minimum atomic E-state index is -1.24. The van der Waals surface area contributed by atoms with Gasteiger partial charge in [0.15, 0.2) is 10.2 Å². The van der Waals surface area contributed by atoms with Crippen LogP contribution in [0.3, 0.4) is 0 Å². The average Bonchev–Trinajstić information content (AvgIpc) is 2.73. The lowest BCUT2D eigenvalue weighted by atomic mass is 10.2. The Kier molecular flexibility index (Phi) is 7.46. The van der Waals surface area contributed by atoms with Crippen LogP contribution in [0.15, 0.2) is 60.7 Å². The predicted molar refractivity (Wildman–Crippen MR) is 136 cm³/mol. The molecule has 0 aliphatic heterocycles. The molecule has 0 saturated heterocycles. The molecule has 0 aliphatic carbocycles. The van der Waals surface area contributed by atoms with E-state index in [1.165, 1.54) is 36.4 Å². The fourth-order valence-corrected chi connectivity index (χ4v) is 3.31. The smallest absolute Gasteiger partial charge is 0.339 e. The van der Waals surface area contributed by atoms with E-state index in [1.54, 1.807) is 24.3 Å². The molecule has 0 heterocycles.